The van der Waals surface area contributed by atoms with E-state index in [1.807, 2.05) is 30.3 Å². The summed E-state index contributed by atoms with van der Waals surface area (Å²) < 4.78 is 1.53. The van der Waals surface area contributed by atoms with Crippen LogP contribution in [-0.4, -0.2) is 20.6 Å². The minimum Gasteiger partial charge on any atom is -0.335 e. The van der Waals surface area contributed by atoms with Crippen LogP contribution in [0.25, 0.3) is 11.4 Å². The fraction of sp³-hybridized carbons (Fsp3) is 0.176. The normalized spacial score (nSPS) is 10.8. The number of aromatic nitrogens is 3. The first-order chi connectivity index (χ1) is 11.2. The molecule has 23 heavy (non-hydrogen) atoms. The molecule has 118 valence electrons. The van der Waals surface area contributed by atoms with Crippen molar-refractivity contribution in [2.45, 2.75) is 18.0 Å². The minimum atomic E-state index is 0.623. The molecule has 0 fully saturated rings. The van der Waals surface area contributed by atoms with Crippen LogP contribution >= 0.6 is 23.4 Å². The number of nitrogens with zero attached hydrogens (tertiary/aromatic N) is 3. The minimum absolute atomic E-state index is 0.623. The van der Waals surface area contributed by atoms with Gasteiger partial charge < -0.3 is 5.84 Å². The van der Waals surface area contributed by atoms with Crippen molar-refractivity contribution in [2.24, 2.45) is 0 Å². The second-order valence-electron chi connectivity index (χ2n) is 5.12. The third kappa shape index (κ3) is 4.06. The summed E-state index contributed by atoms with van der Waals surface area (Å²) in [5.41, 5.74) is 2.21. The van der Waals surface area contributed by atoms with Gasteiger partial charge >= 0.3 is 0 Å². The first-order valence-corrected chi connectivity index (χ1v) is 8.73. The van der Waals surface area contributed by atoms with Gasteiger partial charge in [-0.25, -0.2) is 4.68 Å². The first-order valence-electron chi connectivity index (χ1n) is 7.37. The zero-order valence-electron chi connectivity index (χ0n) is 12.5. The SMILES string of the molecule is Nn1c(SCCCc2ccccc2)nnc1-c1cccc(Cl)c1. The maximum Gasteiger partial charge on any atom is 0.210 e. The predicted molar refractivity (Wildman–Crippen MR) is 96.1 cm³/mol. The number of aryl methyl sites for hydroxylation is 1. The lowest BCUT2D eigenvalue weighted by atomic mass is 10.1. The molecule has 0 aliphatic carbocycles. The Balaban J connectivity index is 1.59. The van der Waals surface area contributed by atoms with Crippen LogP contribution in [0.1, 0.15) is 12.0 Å². The highest BCUT2D eigenvalue weighted by atomic mass is 35.5. The average Bonchev–Trinajstić information content (AvgIpc) is 2.93. The molecule has 0 atom stereocenters. The molecule has 0 saturated heterocycles. The fourth-order valence-corrected chi connectivity index (χ4v) is 3.27. The summed E-state index contributed by atoms with van der Waals surface area (Å²) in [5, 5.41) is 9.72. The Morgan fingerprint density at radius 2 is 1.87 bits per heavy atom. The highest BCUT2D eigenvalue weighted by molar-refractivity contribution is 7.99. The Bertz CT molecular complexity index is 773. The van der Waals surface area contributed by atoms with Crippen molar-refractivity contribution in [3.8, 4) is 11.4 Å². The molecule has 1 heterocycles. The number of halogens is 1. The maximum atomic E-state index is 6.11. The number of rotatable bonds is 6. The molecule has 4 nitrogen and oxygen atoms in total. The van der Waals surface area contributed by atoms with Gasteiger partial charge in [-0.3, -0.25) is 0 Å². The summed E-state index contributed by atoms with van der Waals surface area (Å²) in [6.45, 7) is 0. The molecule has 6 heteroatoms. The Morgan fingerprint density at radius 3 is 2.65 bits per heavy atom. The van der Waals surface area contributed by atoms with Gasteiger partial charge in [-0.05, 0) is 30.5 Å². The number of benzene rings is 2. The van der Waals surface area contributed by atoms with Gasteiger partial charge in [0.1, 0.15) is 0 Å². The smallest absolute Gasteiger partial charge is 0.210 e. The van der Waals surface area contributed by atoms with Crippen LogP contribution in [0.15, 0.2) is 59.8 Å². The lowest BCUT2D eigenvalue weighted by Gasteiger charge is -2.04. The van der Waals surface area contributed by atoms with Crippen LogP contribution in [-0.2, 0) is 6.42 Å². The van der Waals surface area contributed by atoms with Gasteiger partial charge in [0, 0.05) is 16.3 Å². The van der Waals surface area contributed by atoms with Crippen molar-refractivity contribution in [1.82, 2.24) is 14.9 Å². The van der Waals surface area contributed by atoms with Crippen LogP contribution in [0.5, 0.6) is 0 Å². The van der Waals surface area contributed by atoms with Gasteiger partial charge in [0.25, 0.3) is 0 Å². The molecule has 0 saturated carbocycles. The Kier molecular flexibility index (Phi) is 5.20. The number of hydrogen-bond acceptors (Lipinski definition) is 4. The Labute approximate surface area is 144 Å². The van der Waals surface area contributed by atoms with E-state index in [1.165, 1.54) is 10.2 Å². The van der Waals surface area contributed by atoms with E-state index in [2.05, 4.69) is 34.5 Å². The fourth-order valence-electron chi connectivity index (χ4n) is 2.28. The second kappa shape index (κ2) is 7.53. The van der Waals surface area contributed by atoms with E-state index < -0.39 is 0 Å². The first kappa shape index (κ1) is 15.9. The molecular formula is C17H17ClN4S. The van der Waals surface area contributed by atoms with Gasteiger partial charge in [0.2, 0.25) is 5.16 Å². The molecule has 1 aromatic heterocycles. The largest absolute Gasteiger partial charge is 0.335 e. The van der Waals surface area contributed by atoms with Crippen LogP contribution in [0.3, 0.4) is 0 Å². The van der Waals surface area contributed by atoms with Crippen molar-refractivity contribution in [2.75, 3.05) is 11.6 Å². The van der Waals surface area contributed by atoms with E-state index in [-0.39, 0.29) is 0 Å². The third-order valence-electron chi connectivity index (χ3n) is 3.43. The van der Waals surface area contributed by atoms with Crippen molar-refractivity contribution in [3.63, 3.8) is 0 Å². The van der Waals surface area contributed by atoms with Crippen LogP contribution in [0.4, 0.5) is 0 Å². The number of nitrogen functional groups attached to an aromatic ring is 1. The highest BCUT2D eigenvalue weighted by Gasteiger charge is 2.12. The highest BCUT2D eigenvalue weighted by Crippen LogP contribution is 2.24. The standard InChI is InChI=1S/C17H17ClN4S/c18-15-10-4-9-14(12-15)16-20-21-17(22(16)19)23-11-5-8-13-6-2-1-3-7-13/h1-4,6-7,9-10,12H,5,8,11,19H2. The van der Waals surface area contributed by atoms with E-state index in [9.17, 15) is 0 Å². The van der Waals surface area contributed by atoms with E-state index in [0.29, 0.717) is 16.0 Å². The summed E-state index contributed by atoms with van der Waals surface area (Å²) in [4.78, 5) is 0. The van der Waals surface area contributed by atoms with E-state index >= 15 is 0 Å². The summed E-state index contributed by atoms with van der Waals surface area (Å²) in [6, 6.07) is 17.9. The van der Waals surface area contributed by atoms with E-state index in [1.54, 1.807) is 11.8 Å². The van der Waals surface area contributed by atoms with Gasteiger partial charge in [0.05, 0.1) is 0 Å². The average molecular weight is 345 g/mol. The molecular weight excluding hydrogens is 328 g/mol. The Hall–Kier alpha value is -1.98. The number of hydrogen-bond donors (Lipinski definition) is 1. The van der Waals surface area contributed by atoms with Crippen LogP contribution in [0, 0.1) is 0 Å². The molecule has 0 radical (unpaired) electrons. The quantitative estimate of drug-likeness (QED) is 0.416. The summed E-state index contributed by atoms with van der Waals surface area (Å²) in [5.74, 6) is 7.67. The predicted octanol–water partition coefficient (Wildman–Crippen LogP) is 4.04. The molecule has 0 unspecified atom stereocenters. The molecule has 0 aliphatic rings. The van der Waals surface area contributed by atoms with Crippen molar-refractivity contribution in [3.05, 3.63) is 65.2 Å². The topological polar surface area (TPSA) is 56.7 Å². The molecule has 3 aromatic rings. The molecule has 0 amide bonds. The number of nitrogens with two attached hydrogens (primary N) is 1. The Morgan fingerprint density at radius 1 is 1.04 bits per heavy atom. The lowest BCUT2D eigenvalue weighted by Crippen LogP contribution is -2.11. The molecule has 0 spiro atoms. The van der Waals surface area contributed by atoms with Gasteiger partial charge in [-0.1, -0.05) is 65.8 Å². The van der Waals surface area contributed by atoms with Crippen LogP contribution in [0.2, 0.25) is 5.02 Å². The summed E-state index contributed by atoms with van der Waals surface area (Å²) in [7, 11) is 0. The summed E-state index contributed by atoms with van der Waals surface area (Å²) in [6.07, 6.45) is 2.11. The second-order valence-corrected chi connectivity index (χ2v) is 6.62. The zero-order chi connectivity index (χ0) is 16.1. The molecule has 2 N–H and O–H groups in total. The monoisotopic (exact) mass is 344 g/mol. The van der Waals surface area contributed by atoms with Gasteiger partial charge in [-0.2, -0.15) is 0 Å². The van der Waals surface area contributed by atoms with Gasteiger partial charge in [0.15, 0.2) is 5.82 Å². The molecule has 0 bridgehead atoms. The van der Waals surface area contributed by atoms with Crippen LogP contribution < -0.4 is 5.84 Å². The maximum absolute atomic E-state index is 6.11. The van der Waals surface area contributed by atoms with Crippen molar-refractivity contribution in [1.29, 1.82) is 0 Å². The van der Waals surface area contributed by atoms with Crippen molar-refractivity contribution < 1.29 is 0 Å². The van der Waals surface area contributed by atoms with Gasteiger partial charge in [-0.15, -0.1) is 10.2 Å². The van der Waals surface area contributed by atoms with E-state index in [4.69, 9.17) is 17.4 Å². The van der Waals surface area contributed by atoms with Crippen molar-refractivity contribution >= 4 is 23.4 Å². The zero-order valence-corrected chi connectivity index (χ0v) is 14.1. The molecule has 0 aliphatic heterocycles. The van der Waals surface area contributed by atoms with E-state index in [0.717, 1.165) is 24.2 Å². The number of thioether (sulfide) groups is 1. The third-order valence-corrected chi connectivity index (χ3v) is 4.70. The molecule has 2 aromatic carbocycles. The summed E-state index contributed by atoms with van der Waals surface area (Å²) >= 11 is 7.63. The lowest BCUT2D eigenvalue weighted by molar-refractivity contribution is 0.844. The molecule has 3 rings (SSSR count).